The number of carbonyl (C=O) groups excluding carboxylic acids is 1. The molecule has 0 spiro atoms. The fourth-order valence-corrected chi connectivity index (χ4v) is 2.54. The van der Waals surface area contributed by atoms with E-state index in [-0.39, 0.29) is 11.4 Å². The lowest BCUT2D eigenvalue weighted by Gasteiger charge is -2.19. The smallest absolute Gasteiger partial charge is 0.257 e. The van der Waals surface area contributed by atoms with Gasteiger partial charge in [0.2, 0.25) is 0 Å². The van der Waals surface area contributed by atoms with Gasteiger partial charge in [-0.15, -0.1) is 0 Å². The Hall–Kier alpha value is -1.85. The molecule has 0 aliphatic heterocycles. The molecule has 0 aliphatic carbocycles. The Bertz CT molecular complexity index is 718. The topological polar surface area (TPSA) is 50.2 Å². The Morgan fingerprint density at radius 3 is 2.58 bits per heavy atom. The molecule has 2 aromatic rings. The zero-order chi connectivity index (χ0) is 17.9. The van der Waals surface area contributed by atoms with E-state index in [4.69, 9.17) is 11.6 Å². The first-order valence-electron chi connectivity index (χ1n) is 8.01. The van der Waals surface area contributed by atoms with Crippen LogP contribution >= 0.6 is 11.6 Å². The lowest BCUT2D eigenvalue weighted by molar-refractivity contribution is 0.0797. The van der Waals surface area contributed by atoms with Gasteiger partial charge in [-0.2, -0.15) is 5.10 Å². The molecule has 1 N–H and O–H groups in total. The van der Waals surface area contributed by atoms with Crippen molar-refractivity contribution in [2.45, 2.75) is 26.3 Å². The Labute approximate surface area is 148 Å². The van der Waals surface area contributed by atoms with Crippen LogP contribution in [-0.2, 0) is 5.54 Å². The second-order valence-corrected chi connectivity index (χ2v) is 7.22. The lowest BCUT2D eigenvalue weighted by Crippen LogP contribution is -2.33. The summed E-state index contributed by atoms with van der Waals surface area (Å²) in [4.78, 5) is 14.6. The maximum atomic E-state index is 12.9. The van der Waals surface area contributed by atoms with Crippen molar-refractivity contribution in [2.24, 2.45) is 0 Å². The first-order valence-corrected chi connectivity index (χ1v) is 8.38. The Kier molecular flexibility index (Phi) is 5.67. The molecular weight excluding hydrogens is 324 g/mol. The minimum absolute atomic E-state index is 0.0596. The minimum Gasteiger partial charge on any atom is -0.340 e. The number of likely N-dealkylation sites (N-methyl/N-ethyl adjacent to an activating group) is 2. The Morgan fingerprint density at radius 2 is 2.00 bits per heavy atom. The molecule has 0 radical (unpaired) electrons. The summed E-state index contributed by atoms with van der Waals surface area (Å²) >= 11 is 6.34. The molecule has 0 fully saturated rings. The molecule has 1 aromatic heterocycles. The second kappa shape index (κ2) is 7.36. The highest BCUT2D eigenvalue weighted by Gasteiger charge is 2.25. The van der Waals surface area contributed by atoms with Crippen LogP contribution in [0, 0.1) is 0 Å². The van der Waals surface area contributed by atoms with Gasteiger partial charge in [-0.1, -0.05) is 29.8 Å². The number of benzene rings is 1. The second-order valence-electron chi connectivity index (χ2n) is 6.82. The summed E-state index contributed by atoms with van der Waals surface area (Å²) in [6, 6.07) is 7.47. The van der Waals surface area contributed by atoms with E-state index < -0.39 is 0 Å². The van der Waals surface area contributed by atoms with Crippen molar-refractivity contribution in [1.82, 2.24) is 20.0 Å². The molecule has 0 unspecified atom stereocenters. The molecule has 5 nitrogen and oxygen atoms in total. The van der Waals surface area contributed by atoms with E-state index >= 15 is 0 Å². The summed E-state index contributed by atoms with van der Waals surface area (Å²) in [6.07, 6.45) is 1.82. The van der Waals surface area contributed by atoms with Gasteiger partial charge in [0.15, 0.2) is 0 Å². The summed E-state index contributed by atoms with van der Waals surface area (Å²) in [5.74, 6) is -0.0596. The van der Waals surface area contributed by atoms with Gasteiger partial charge in [-0.3, -0.25) is 9.48 Å². The van der Waals surface area contributed by atoms with Crippen LogP contribution in [0.15, 0.2) is 30.5 Å². The first kappa shape index (κ1) is 18.5. The van der Waals surface area contributed by atoms with Gasteiger partial charge in [0.25, 0.3) is 5.91 Å². The number of aromatic nitrogens is 2. The molecular formula is C18H25ClN4O. The standard InChI is InChI=1S/C18H25ClN4O/c1-18(2,3)23-12-14(17(24)22(5)11-10-20-4)16(21-23)13-8-6-7-9-15(13)19/h6-9,12,20H,10-11H2,1-5H3. The average molecular weight is 349 g/mol. The highest BCUT2D eigenvalue weighted by Crippen LogP contribution is 2.31. The maximum absolute atomic E-state index is 12.9. The van der Waals surface area contributed by atoms with Crippen molar-refractivity contribution < 1.29 is 4.79 Å². The predicted octanol–water partition coefficient (Wildman–Crippen LogP) is 3.25. The third-order valence-electron chi connectivity index (χ3n) is 3.80. The van der Waals surface area contributed by atoms with Crippen molar-refractivity contribution in [3.63, 3.8) is 0 Å². The van der Waals surface area contributed by atoms with Crippen molar-refractivity contribution in [1.29, 1.82) is 0 Å². The molecule has 0 saturated carbocycles. The zero-order valence-corrected chi connectivity index (χ0v) is 15.7. The molecule has 2 rings (SSSR count). The van der Waals surface area contributed by atoms with Crippen molar-refractivity contribution in [2.75, 3.05) is 27.2 Å². The van der Waals surface area contributed by atoms with Crippen LogP contribution in [0.25, 0.3) is 11.3 Å². The van der Waals surface area contributed by atoms with Crippen LogP contribution < -0.4 is 5.32 Å². The average Bonchev–Trinajstić information content (AvgIpc) is 2.97. The monoisotopic (exact) mass is 348 g/mol. The fourth-order valence-electron chi connectivity index (χ4n) is 2.31. The zero-order valence-electron chi connectivity index (χ0n) is 14.9. The number of carbonyl (C=O) groups is 1. The first-order chi connectivity index (χ1) is 11.3. The molecule has 0 bridgehead atoms. The molecule has 1 aromatic carbocycles. The van der Waals surface area contributed by atoms with Gasteiger partial charge in [-0.25, -0.2) is 0 Å². The molecule has 24 heavy (non-hydrogen) atoms. The van der Waals surface area contributed by atoms with Gasteiger partial charge >= 0.3 is 0 Å². The quantitative estimate of drug-likeness (QED) is 0.902. The number of hydrogen-bond donors (Lipinski definition) is 1. The van der Waals surface area contributed by atoms with Gasteiger partial charge in [-0.05, 0) is 33.9 Å². The molecule has 1 heterocycles. The van der Waals surface area contributed by atoms with E-state index in [1.54, 1.807) is 11.9 Å². The summed E-state index contributed by atoms with van der Waals surface area (Å²) in [5, 5.41) is 8.31. The van der Waals surface area contributed by atoms with Gasteiger partial charge in [0.1, 0.15) is 5.69 Å². The van der Waals surface area contributed by atoms with Crippen LogP contribution in [0.4, 0.5) is 0 Å². The third kappa shape index (κ3) is 3.97. The van der Waals surface area contributed by atoms with E-state index in [0.717, 1.165) is 12.1 Å². The molecule has 130 valence electrons. The third-order valence-corrected chi connectivity index (χ3v) is 4.13. The van der Waals surface area contributed by atoms with Gasteiger partial charge in [0, 0.05) is 31.9 Å². The van der Waals surface area contributed by atoms with E-state index in [0.29, 0.717) is 22.8 Å². The van der Waals surface area contributed by atoms with E-state index in [2.05, 4.69) is 31.2 Å². The van der Waals surface area contributed by atoms with Gasteiger partial charge in [0.05, 0.1) is 16.1 Å². The SMILES string of the molecule is CNCCN(C)C(=O)c1cn(C(C)(C)C)nc1-c1ccccc1Cl. The van der Waals surface area contributed by atoms with Gasteiger partial charge < -0.3 is 10.2 Å². The van der Waals surface area contributed by atoms with Crippen LogP contribution in [-0.4, -0.2) is 47.8 Å². The predicted molar refractivity (Wildman–Crippen MR) is 98.6 cm³/mol. The van der Waals surface area contributed by atoms with E-state index in [1.165, 1.54) is 0 Å². The summed E-state index contributed by atoms with van der Waals surface area (Å²) in [5.41, 5.74) is 1.74. The number of amides is 1. The van der Waals surface area contributed by atoms with E-state index in [9.17, 15) is 4.79 Å². The van der Waals surface area contributed by atoms with Crippen molar-refractivity contribution in [3.8, 4) is 11.3 Å². The number of rotatable bonds is 5. The number of nitrogens with zero attached hydrogens (tertiary/aromatic N) is 3. The Morgan fingerprint density at radius 1 is 1.33 bits per heavy atom. The van der Waals surface area contributed by atoms with Crippen molar-refractivity contribution in [3.05, 3.63) is 41.0 Å². The van der Waals surface area contributed by atoms with Crippen LogP contribution in [0.1, 0.15) is 31.1 Å². The minimum atomic E-state index is -0.224. The van der Waals surface area contributed by atoms with Crippen molar-refractivity contribution >= 4 is 17.5 Å². The van der Waals surface area contributed by atoms with E-state index in [1.807, 2.05) is 42.2 Å². The normalized spacial score (nSPS) is 11.6. The number of halogens is 1. The largest absolute Gasteiger partial charge is 0.340 e. The van der Waals surface area contributed by atoms with Crippen LogP contribution in [0.2, 0.25) is 5.02 Å². The summed E-state index contributed by atoms with van der Waals surface area (Å²) in [7, 11) is 3.66. The molecule has 6 heteroatoms. The molecule has 0 atom stereocenters. The lowest BCUT2D eigenvalue weighted by atomic mass is 10.1. The molecule has 0 aliphatic rings. The molecule has 0 saturated heterocycles. The Balaban J connectivity index is 2.51. The maximum Gasteiger partial charge on any atom is 0.257 e. The number of nitrogens with one attached hydrogen (secondary N) is 1. The molecule has 1 amide bonds. The fraction of sp³-hybridized carbons (Fsp3) is 0.444. The highest BCUT2D eigenvalue weighted by atomic mass is 35.5. The number of hydrogen-bond acceptors (Lipinski definition) is 3. The van der Waals surface area contributed by atoms with Crippen LogP contribution in [0.5, 0.6) is 0 Å². The van der Waals surface area contributed by atoms with Crippen LogP contribution in [0.3, 0.4) is 0 Å². The summed E-state index contributed by atoms with van der Waals surface area (Å²) < 4.78 is 1.82. The summed E-state index contributed by atoms with van der Waals surface area (Å²) in [6.45, 7) is 7.51. The highest BCUT2D eigenvalue weighted by molar-refractivity contribution is 6.33.